The van der Waals surface area contributed by atoms with Crippen LogP contribution in [0.15, 0.2) is 218 Å². The van der Waals surface area contributed by atoms with E-state index in [4.69, 9.17) is 38.8 Å². The molecule has 0 bridgehead atoms. The van der Waals surface area contributed by atoms with E-state index < -0.39 is 204 Å². The highest BCUT2D eigenvalue weighted by Crippen LogP contribution is 2.50. The van der Waals surface area contributed by atoms with Crippen molar-refractivity contribution in [2.75, 3.05) is 25.5 Å². The van der Waals surface area contributed by atoms with E-state index in [1.165, 1.54) is 76.2 Å². The molecular formula is C93H106N12O16P2S2. The third-order valence-corrected chi connectivity index (χ3v) is 31.8. The molecule has 11 N–H and O–H groups in total. The van der Waals surface area contributed by atoms with Crippen molar-refractivity contribution in [1.29, 1.82) is 0 Å². The maximum absolute atomic E-state index is 18.1. The predicted molar refractivity (Wildman–Crippen MR) is 486 cm³/mol. The number of fused-ring (bicyclic) bond motifs is 6. The summed E-state index contributed by atoms with van der Waals surface area (Å²) in [5.41, 5.74) is 8.11. The average molecular weight is 1770 g/mol. The van der Waals surface area contributed by atoms with Gasteiger partial charge in [-0.25, -0.2) is 19.4 Å². The van der Waals surface area contributed by atoms with Crippen LogP contribution in [0.1, 0.15) is 124 Å². The number of rotatable bonds is 35. The van der Waals surface area contributed by atoms with Crippen molar-refractivity contribution in [3.63, 3.8) is 0 Å². The lowest BCUT2D eigenvalue weighted by atomic mass is 9.98. The van der Waals surface area contributed by atoms with Gasteiger partial charge in [0, 0.05) is 43.2 Å². The first-order valence-corrected chi connectivity index (χ1v) is 47.0. The monoisotopic (exact) mass is 1770 g/mol. The van der Waals surface area contributed by atoms with Crippen molar-refractivity contribution in [2.24, 2.45) is 11.7 Å². The number of benzene rings is 8. The van der Waals surface area contributed by atoms with E-state index in [0.717, 1.165) is 44.5 Å². The standard InChI is InChI=1S/C93H106N12O16P2S2/c1-54(2)78(85(113)98-59(7)83(111)103-92(10,11)88(116)99-55(3)79(94)107)101-81(109)57(5)96-80(108)56(4)97-84(112)76(52-122(124,62-34-18-14-19-35-62)63-36-20-15-21-37-63)104(90(118)120-50-74-70-46-30-26-42-66(70)67-43-27-31-47-71(67)74)87(115)77(53-123(125,64-38-22-16-23-39-64)65-40-24-17-25-41-65)105(86(114)60(8)100-89(117)93(12,13)102-82(110)58(6)95-61(9)106)91(119)121-51-75-72-48-32-28-44-68(72)69-45-29-33-49-73(69)75/h14-49,54-60,74-78H,50-53H2,1-13H3,(H2,94,107)(H,95,106)(H,96,108)(H,97,112)(H,98,113)(H,99,116)(H,100,117)(H,101,109)(H,102,110)(H,103,111)/t55-,56-,57-,58-,59-,60-,76-,77-,78-/m0/s1. The van der Waals surface area contributed by atoms with Crippen molar-refractivity contribution in [1.82, 2.24) is 57.7 Å². The molecule has 656 valence electrons. The summed E-state index contributed by atoms with van der Waals surface area (Å²) in [4.78, 5) is 209. The maximum Gasteiger partial charge on any atom is 0.417 e. The molecule has 0 aliphatic heterocycles. The Morgan fingerprint density at radius 1 is 0.360 bits per heavy atom. The molecule has 0 fully saturated rings. The molecule has 28 nitrogen and oxygen atoms in total. The molecule has 2 aliphatic carbocycles. The molecule has 0 unspecified atom stereocenters. The van der Waals surface area contributed by atoms with E-state index in [1.54, 1.807) is 135 Å². The summed E-state index contributed by atoms with van der Waals surface area (Å²) in [5, 5.41) is 25.0. The molecule has 10 rings (SSSR count). The number of carbonyl (C=O) groups is 14. The number of hydrogen-bond donors (Lipinski definition) is 10. The minimum Gasteiger partial charge on any atom is -0.448 e. The van der Waals surface area contributed by atoms with Crippen molar-refractivity contribution in [3.05, 3.63) is 241 Å². The number of hydrogen-bond acceptors (Lipinski definition) is 18. The van der Waals surface area contributed by atoms with Crippen LogP contribution in [-0.2, 0) is 90.6 Å². The largest absolute Gasteiger partial charge is 0.448 e. The van der Waals surface area contributed by atoms with Crippen LogP contribution >= 0.6 is 12.1 Å². The van der Waals surface area contributed by atoms with Gasteiger partial charge < -0.3 is 63.1 Å². The molecule has 0 radical (unpaired) electrons. The van der Waals surface area contributed by atoms with Crippen LogP contribution in [-0.4, -0.2) is 184 Å². The first kappa shape index (κ1) is 94.9. The Kier molecular flexibility index (Phi) is 31.1. The third kappa shape index (κ3) is 22.2. The van der Waals surface area contributed by atoms with Crippen LogP contribution in [0.25, 0.3) is 22.3 Å². The van der Waals surface area contributed by atoms with Gasteiger partial charge in [0.15, 0.2) is 0 Å². The van der Waals surface area contributed by atoms with Gasteiger partial charge in [0.05, 0.1) is 0 Å². The molecule has 0 saturated carbocycles. The van der Waals surface area contributed by atoms with Crippen molar-refractivity contribution >= 4 is 140 Å². The summed E-state index contributed by atoms with van der Waals surface area (Å²) < 4.78 is 13.1. The van der Waals surface area contributed by atoms with Gasteiger partial charge in [-0.05, 0) is 141 Å². The van der Waals surface area contributed by atoms with Gasteiger partial charge in [-0.2, -0.15) is 0 Å². The molecular weight excluding hydrogens is 1670 g/mol. The number of amides is 14. The minimum atomic E-state index is -3.78. The second kappa shape index (κ2) is 41.0. The van der Waals surface area contributed by atoms with Gasteiger partial charge in [0.25, 0.3) is 11.8 Å². The van der Waals surface area contributed by atoms with Crippen molar-refractivity contribution < 1.29 is 76.6 Å². The Morgan fingerprint density at radius 2 is 0.656 bits per heavy atom. The van der Waals surface area contributed by atoms with Crippen LogP contribution in [0.5, 0.6) is 0 Å². The summed E-state index contributed by atoms with van der Waals surface area (Å²) in [6, 6.07) is 42.4. The lowest BCUT2D eigenvalue weighted by Crippen LogP contribution is -2.65. The number of imide groups is 2. The Hall–Kier alpha value is -12.4. The van der Waals surface area contributed by atoms with Crippen LogP contribution < -0.4 is 74.8 Å². The van der Waals surface area contributed by atoms with E-state index in [0.29, 0.717) is 31.0 Å². The number of nitrogens with zero attached hydrogens (tertiary/aromatic N) is 2. The smallest absolute Gasteiger partial charge is 0.417 e. The van der Waals surface area contributed by atoms with Crippen molar-refractivity contribution in [2.45, 2.75) is 167 Å². The first-order chi connectivity index (χ1) is 59.2. The average Bonchev–Trinajstić information content (AvgIpc) is 1.70. The topological polar surface area (TPSA) is 398 Å². The van der Waals surface area contributed by atoms with Crippen LogP contribution in [0.4, 0.5) is 9.59 Å². The molecule has 125 heavy (non-hydrogen) atoms. The molecule has 0 heterocycles. The normalized spacial score (nSPS) is 14.5. The molecule has 0 spiro atoms. The summed E-state index contributed by atoms with van der Waals surface area (Å²) >= 11 is 14.0. The SMILES string of the molecule is CC(=O)N[C@@H](C)C(=O)NC(C)(C)C(=O)N[C@@H](C)C(=O)N(C(=O)OCC1c2ccccc2-c2ccccc21)[C@@H](CP(=S)(c1ccccc1)c1ccccc1)C(=O)N(C(=O)OCC1c2ccccc2-c2ccccc21)[C@@H](CP(=S)(c1ccccc1)c1ccccc1)C(=O)N[C@@H](C)C(=O)N[C@@H](C)C(=O)N[C@H](C(=O)N[C@@H](C)C(=O)NC(C)(C)C(=O)N[C@@H](C)C(N)=O)C(C)C. The molecule has 8 aromatic rings. The van der Waals surface area contributed by atoms with Crippen LogP contribution in [0, 0.1) is 5.92 Å². The summed E-state index contributed by atoms with van der Waals surface area (Å²) in [6.45, 7) is 16.8. The Bertz CT molecular complexity index is 5340. The summed E-state index contributed by atoms with van der Waals surface area (Å²) in [5.74, 6) is -13.5. The number of nitrogens with two attached hydrogens (primary N) is 1. The lowest BCUT2D eigenvalue weighted by Gasteiger charge is -2.39. The van der Waals surface area contributed by atoms with Gasteiger partial charge in [-0.15, -0.1) is 0 Å². The predicted octanol–water partition coefficient (Wildman–Crippen LogP) is 7.00. The highest BCUT2D eigenvalue weighted by atomic mass is 32.4. The Morgan fingerprint density at radius 3 is 1.01 bits per heavy atom. The van der Waals surface area contributed by atoms with Crippen LogP contribution in [0.2, 0.25) is 0 Å². The Balaban J connectivity index is 1.12. The fourth-order valence-corrected chi connectivity index (χ4v) is 23.0. The minimum absolute atomic E-state index is 0.445. The molecule has 0 saturated heterocycles. The maximum atomic E-state index is 18.1. The van der Waals surface area contributed by atoms with E-state index in [1.807, 2.05) is 97.1 Å². The number of nitrogens with one attached hydrogen (secondary N) is 9. The van der Waals surface area contributed by atoms with Crippen molar-refractivity contribution in [3.8, 4) is 22.3 Å². The molecule has 0 aromatic heterocycles. The van der Waals surface area contributed by atoms with Gasteiger partial charge in [0.2, 0.25) is 59.1 Å². The van der Waals surface area contributed by atoms with Crippen LogP contribution in [0.3, 0.4) is 0 Å². The highest BCUT2D eigenvalue weighted by Gasteiger charge is 2.51. The molecule has 8 aromatic carbocycles. The highest BCUT2D eigenvalue weighted by molar-refractivity contribution is 8.22. The van der Waals surface area contributed by atoms with E-state index >= 15 is 28.8 Å². The van der Waals surface area contributed by atoms with E-state index in [9.17, 15) is 38.4 Å². The number of ether oxygens (including phenoxy) is 2. The molecule has 14 amide bonds. The van der Waals surface area contributed by atoms with Gasteiger partial charge in [0.1, 0.15) is 78.7 Å². The quantitative estimate of drug-likeness (QED) is 0.0179. The first-order valence-electron chi connectivity index (χ1n) is 41.0. The zero-order valence-corrected chi connectivity index (χ0v) is 75.2. The van der Waals surface area contributed by atoms with Gasteiger partial charge in [-0.1, -0.05) is 256 Å². The second-order valence-electron chi connectivity index (χ2n) is 32.6. The fourth-order valence-electron chi connectivity index (χ4n) is 15.0. The molecule has 32 heteroatoms. The van der Waals surface area contributed by atoms with Gasteiger partial charge in [-0.3, -0.25) is 57.5 Å². The van der Waals surface area contributed by atoms with Gasteiger partial charge >= 0.3 is 12.2 Å². The number of primary amides is 1. The molecule has 2 aliphatic rings. The molecule has 9 atom stereocenters. The zero-order valence-electron chi connectivity index (χ0n) is 71.8. The Labute approximate surface area is 737 Å². The second-order valence-corrected chi connectivity index (χ2v) is 42.1. The fraction of sp³-hybridized carbons (Fsp3) is 0.333. The third-order valence-electron chi connectivity index (χ3n) is 22.1. The number of carbonyl (C=O) groups excluding carboxylic acids is 14. The van der Waals surface area contributed by atoms with E-state index in [-0.39, 0.29) is 0 Å². The summed E-state index contributed by atoms with van der Waals surface area (Å²) in [6.07, 6.45) is -4.34. The van der Waals surface area contributed by atoms with E-state index in [2.05, 4.69) is 47.9 Å². The zero-order chi connectivity index (χ0) is 91.2. The summed E-state index contributed by atoms with van der Waals surface area (Å²) in [7, 11) is 0. The lowest BCUT2D eigenvalue weighted by molar-refractivity contribution is -0.147.